The lowest BCUT2D eigenvalue weighted by Gasteiger charge is -2.39. The van der Waals surface area contributed by atoms with E-state index < -0.39 is 5.54 Å². The lowest BCUT2D eigenvalue weighted by molar-refractivity contribution is -0.132. The van der Waals surface area contributed by atoms with E-state index in [9.17, 15) is 9.18 Å². The maximum Gasteiger partial charge on any atom is 0.241 e. The Hall–Kier alpha value is -2.67. The average Bonchev–Trinajstić information content (AvgIpc) is 3.13. The summed E-state index contributed by atoms with van der Waals surface area (Å²) in [6.45, 7) is 10.8. The molecule has 0 spiro atoms. The molecule has 1 aromatic heterocycles. The van der Waals surface area contributed by atoms with E-state index in [1.165, 1.54) is 25.0 Å². The highest BCUT2D eigenvalue weighted by Gasteiger charge is 2.39. The SMILES string of the molecule is CC(C)(C)C1CCC(Nc2c(-c3ccc(F)cc3)nc3n2C=CN(C(=O)CN)C3(C)C)CC1. The van der Waals surface area contributed by atoms with Crippen LogP contribution in [0.4, 0.5) is 10.2 Å². The Kier molecular flexibility index (Phi) is 6.12. The van der Waals surface area contributed by atoms with Gasteiger partial charge in [-0.05, 0) is 75.1 Å². The molecule has 1 amide bonds. The number of carbonyl (C=O) groups excluding carboxylic acids is 1. The molecule has 0 saturated heterocycles. The summed E-state index contributed by atoms with van der Waals surface area (Å²) in [5, 5.41) is 3.77. The van der Waals surface area contributed by atoms with E-state index in [2.05, 4.69) is 26.1 Å². The molecule has 7 heteroatoms. The van der Waals surface area contributed by atoms with E-state index in [0.717, 1.165) is 41.7 Å². The maximum absolute atomic E-state index is 13.6. The highest BCUT2D eigenvalue weighted by molar-refractivity contribution is 5.82. The fourth-order valence-corrected chi connectivity index (χ4v) is 5.17. The van der Waals surface area contributed by atoms with Gasteiger partial charge in [-0.1, -0.05) is 20.8 Å². The number of hydrogen-bond donors (Lipinski definition) is 2. The van der Waals surface area contributed by atoms with E-state index in [1.807, 2.05) is 24.6 Å². The monoisotopic (exact) mass is 453 g/mol. The fourth-order valence-electron chi connectivity index (χ4n) is 5.17. The molecule has 1 aliphatic heterocycles. The van der Waals surface area contributed by atoms with Crippen molar-refractivity contribution in [2.45, 2.75) is 71.9 Å². The van der Waals surface area contributed by atoms with Gasteiger partial charge in [0.05, 0.1) is 6.54 Å². The zero-order valence-corrected chi connectivity index (χ0v) is 20.4. The molecule has 6 nitrogen and oxygen atoms in total. The van der Waals surface area contributed by atoms with Crippen molar-refractivity contribution in [2.75, 3.05) is 11.9 Å². The molecule has 3 N–H and O–H groups in total. The van der Waals surface area contributed by atoms with Crippen LogP contribution in [0.5, 0.6) is 0 Å². The zero-order valence-electron chi connectivity index (χ0n) is 20.4. The summed E-state index contributed by atoms with van der Waals surface area (Å²) in [7, 11) is 0. The molecule has 2 aliphatic rings. The molecule has 0 bridgehead atoms. The number of nitrogens with two attached hydrogens (primary N) is 1. The van der Waals surface area contributed by atoms with Crippen molar-refractivity contribution < 1.29 is 9.18 Å². The molecule has 4 rings (SSSR count). The Morgan fingerprint density at radius 3 is 2.36 bits per heavy atom. The van der Waals surface area contributed by atoms with Crippen molar-refractivity contribution in [1.82, 2.24) is 14.5 Å². The topological polar surface area (TPSA) is 76.2 Å². The lowest BCUT2D eigenvalue weighted by atomic mass is 9.71. The van der Waals surface area contributed by atoms with Crippen molar-refractivity contribution in [3.63, 3.8) is 0 Å². The van der Waals surface area contributed by atoms with Gasteiger partial charge in [-0.25, -0.2) is 9.37 Å². The summed E-state index contributed by atoms with van der Waals surface area (Å²) in [6, 6.07) is 6.76. The van der Waals surface area contributed by atoms with E-state index >= 15 is 0 Å². The van der Waals surface area contributed by atoms with Crippen molar-refractivity contribution in [2.24, 2.45) is 17.1 Å². The predicted molar refractivity (Wildman–Crippen MR) is 131 cm³/mol. The normalized spacial score (nSPS) is 22.2. The molecule has 0 atom stereocenters. The third kappa shape index (κ3) is 4.43. The van der Waals surface area contributed by atoms with Crippen LogP contribution in [0.2, 0.25) is 0 Å². The minimum atomic E-state index is -0.677. The van der Waals surface area contributed by atoms with Crippen LogP contribution in [0.15, 0.2) is 30.5 Å². The number of fused-ring (bicyclic) bond motifs is 1. The first kappa shape index (κ1) is 23.5. The van der Waals surface area contributed by atoms with Crippen molar-refractivity contribution >= 4 is 17.9 Å². The Morgan fingerprint density at radius 1 is 1.15 bits per heavy atom. The molecule has 2 heterocycles. The van der Waals surface area contributed by atoms with Gasteiger partial charge in [0.2, 0.25) is 5.91 Å². The number of carbonyl (C=O) groups is 1. The Balaban J connectivity index is 1.71. The van der Waals surface area contributed by atoms with Gasteiger partial charge in [0.1, 0.15) is 28.7 Å². The van der Waals surface area contributed by atoms with Gasteiger partial charge in [-0.15, -0.1) is 0 Å². The smallest absolute Gasteiger partial charge is 0.241 e. The second-order valence-corrected chi connectivity index (χ2v) is 10.9. The second-order valence-electron chi connectivity index (χ2n) is 10.9. The minimum absolute atomic E-state index is 0.0680. The summed E-state index contributed by atoms with van der Waals surface area (Å²) < 4.78 is 15.7. The molecule has 1 saturated carbocycles. The third-order valence-corrected chi connectivity index (χ3v) is 7.28. The van der Waals surface area contributed by atoms with E-state index in [1.54, 1.807) is 23.2 Å². The van der Waals surface area contributed by atoms with Crippen LogP contribution >= 0.6 is 0 Å². The average molecular weight is 454 g/mol. The van der Waals surface area contributed by atoms with Gasteiger partial charge >= 0.3 is 0 Å². The van der Waals surface area contributed by atoms with Gasteiger partial charge in [0.15, 0.2) is 0 Å². The summed E-state index contributed by atoms with van der Waals surface area (Å²) in [5.41, 5.74) is 6.90. The van der Waals surface area contributed by atoms with Crippen LogP contribution in [0.3, 0.4) is 0 Å². The number of amides is 1. The summed E-state index contributed by atoms with van der Waals surface area (Å²) in [6.07, 6.45) is 8.21. The first-order valence-corrected chi connectivity index (χ1v) is 11.9. The first-order valence-electron chi connectivity index (χ1n) is 11.9. The predicted octanol–water partition coefficient (Wildman–Crippen LogP) is 5.17. The van der Waals surface area contributed by atoms with Gasteiger partial charge in [0, 0.05) is 24.0 Å². The Labute approximate surface area is 196 Å². The van der Waals surface area contributed by atoms with Gasteiger partial charge < -0.3 is 16.0 Å². The van der Waals surface area contributed by atoms with Crippen LogP contribution in [-0.4, -0.2) is 32.9 Å². The number of hydrogen-bond acceptors (Lipinski definition) is 4. The van der Waals surface area contributed by atoms with Gasteiger partial charge in [-0.3, -0.25) is 9.36 Å². The quantitative estimate of drug-likeness (QED) is 0.670. The number of nitrogens with one attached hydrogen (secondary N) is 1. The van der Waals surface area contributed by atoms with E-state index in [0.29, 0.717) is 11.5 Å². The van der Waals surface area contributed by atoms with Crippen LogP contribution in [-0.2, 0) is 10.3 Å². The number of halogens is 1. The molecule has 33 heavy (non-hydrogen) atoms. The number of benzene rings is 1. The molecule has 0 unspecified atom stereocenters. The van der Waals surface area contributed by atoms with Gasteiger partial charge in [0.25, 0.3) is 0 Å². The molecule has 2 aromatic rings. The third-order valence-electron chi connectivity index (χ3n) is 7.28. The number of rotatable bonds is 4. The summed E-state index contributed by atoms with van der Waals surface area (Å²) in [5.74, 6) is 1.92. The highest BCUT2D eigenvalue weighted by Crippen LogP contribution is 2.42. The summed E-state index contributed by atoms with van der Waals surface area (Å²) in [4.78, 5) is 19.1. The van der Waals surface area contributed by atoms with Gasteiger partial charge in [-0.2, -0.15) is 0 Å². The molecule has 1 aromatic carbocycles. The molecular formula is C26H36FN5O. The van der Waals surface area contributed by atoms with E-state index in [-0.39, 0.29) is 18.3 Å². The van der Waals surface area contributed by atoms with Crippen molar-refractivity contribution in [3.05, 3.63) is 42.1 Å². The molecule has 1 aliphatic carbocycles. The van der Waals surface area contributed by atoms with Crippen molar-refractivity contribution in [3.8, 4) is 11.3 Å². The number of anilines is 1. The van der Waals surface area contributed by atoms with Crippen molar-refractivity contribution in [1.29, 1.82) is 0 Å². The number of nitrogens with zero attached hydrogens (tertiary/aromatic N) is 3. The fraction of sp³-hybridized carbons (Fsp3) is 0.538. The van der Waals surface area contributed by atoms with Crippen LogP contribution in [0, 0.1) is 17.2 Å². The molecule has 178 valence electrons. The zero-order chi connectivity index (χ0) is 24.0. The Morgan fingerprint density at radius 2 is 1.79 bits per heavy atom. The van der Waals surface area contributed by atoms with Crippen LogP contribution in [0.1, 0.15) is 66.1 Å². The number of imidazole rings is 1. The molecular weight excluding hydrogens is 417 g/mol. The maximum atomic E-state index is 13.6. The van der Waals surface area contributed by atoms with Crippen LogP contribution in [0.25, 0.3) is 17.5 Å². The Bertz CT molecular complexity index is 1040. The van der Waals surface area contributed by atoms with E-state index in [4.69, 9.17) is 10.7 Å². The highest BCUT2D eigenvalue weighted by atomic mass is 19.1. The first-order chi connectivity index (χ1) is 15.5. The molecule has 0 radical (unpaired) electrons. The molecule has 1 fully saturated rings. The summed E-state index contributed by atoms with van der Waals surface area (Å²) >= 11 is 0. The lowest BCUT2D eigenvalue weighted by Crippen LogP contribution is -2.47. The minimum Gasteiger partial charge on any atom is -0.367 e. The largest absolute Gasteiger partial charge is 0.367 e. The second kappa shape index (κ2) is 8.60. The number of aromatic nitrogens is 2. The standard InChI is InChI=1S/C26H36FN5O/c1-25(2,3)18-8-12-20(13-9-18)29-23-22(17-6-10-19(27)11-7-17)30-24-26(4,5)32(21(33)16-28)15-14-31(23)24/h6-7,10-11,14-15,18,20,29H,8-9,12-13,16,28H2,1-5H3. The van der Waals surface area contributed by atoms with Crippen LogP contribution < -0.4 is 11.1 Å².